The number of benzene rings is 2. The van der Waals surface area contributed by atoms with Gasteiger partial charge < -0.3 is 14.5 Å². The van der Waals surface area contributed by atoms with Gasteiger partial charge in [-0.05, 0) is 80.8 Å². The number of anilines is 1. The van der Waals surface area contributed by atoms with Gasteiger partial charge in [-0.2, -0.15) is 5.26 Å². The maximum absolute atomic E-state index is 15.7. The highest BCUT2D eigenvalue weighted by Gasteiger charge is 2.67. The third-order valence-electron chi connectivity index (χ3n) is 14.8. The number of fused-ring (bicyclic) bond motifs is 4. The number of likely N-dealkylation sites (tertiary alicyclic amines) is 1. The first-order valence-electron chi connectivity index (χ1n) is 21.8. The number of carbonyl (C=O) groups excluding carboxylic acids is 5. The lowest BCUT2D eigenvalue weighted by atomic mass is 9.49. The van der Waals surface area contributed by atoms with Crippen LogP contribution in [0, 0.1) is 45.7 Å². The highest BCUT2D eigenvalue weighted by molar-refractivity contribution is 6.31. The molecule has 2 aromatic carbocycles. The van der Waals surface area contributed by atoms with Gasteiger partial charge in [0, 0.05) is 66.5 Å². The minimum Gasteiger partial charge on any atom is -0.489 e. The minimum absolute atomic E-state index is 0.0148. The molecule has 5 fully saturated rings. The number of piperazine rings is 1. The lowest BCUT2D eigenvalue weighted by Crippen LogP contribution is -2.74. The number of aromatic nitrogens is 1. The van der Waals surface area contributed by atoms with Crippen molar-refractivity contribution in [3.8, 4) is 23.7 Å². The van der Waals surface area contributed by atoms with E-state index in [1.54, 1.807) is 18.2 Å². The smallest absolute Gasteiger partial charge is 0.262 e. The van der Waals surface area contributed by atoms with Gasteiger partial charge in [-0.1, -0.05) is 45.2 Å². The second kappa shape index (κ2) is 14.9. The fourth-order valence-electron chi connectivity index (χ4n) is 12.4. The Labute approximate surface area is 369 Å². The van der Waals surface area contributed by atoms with Crippen LogP contribution in [0.1, 0.15) is 121 Å². The van der Waals surface area contributed by atoms with Gasteiger partial charge in [-0.15, -0.1) is 0 Å². The Bertz CT molecular complexity index is 2630. The zero-order chi connectivity index (χ0) is 44.3. The molecule has 2 bridgehead atoms. The fraction of sp³-hybridized carbons (Fsp3) is 0.479. The summed E-state index contributed by atoms with van der Waals surface area (Å²) in [6, 6.07) is 12.9. The van der Waals surface area contributed by atoms with E-state index in [9.17, 15) is 29.2 Å². The van der Waals surface area contributed by atoms with Crippen LogP contribution in [0.5, 0.6) is 5.75 Å². The first kappa shape index (κ1) is 41.2. The first-order chi connectivity index (χ1) is 30.0. The molecule has 5 amide bonds. The van der Waals surface area contributed by atoms with Crippen molar-refractivity contribution in [2.24, 2.45) is 16.7 Å². The van der Waals surface area contributed by atoms with Crippen molar-refractivity contribution in [1.29, 1.82) is 5.26 Å². The Morgan fingerprint density at radius 3 is 2.24 bits per heavy atom. The second-order valence-corrected chi connectivity index (χ2v) is 19.8. The number of rotatable bonds is 6. The van der Waals surface area contributed by atoms with E-state index in [4.69, 9.17) is 21.3 Å². The normalized spacial score (nSPS) is 29.2. The molecular formula is C48H47ClFN7O6. The van der Waals surface area contributed by atoms with E-state index in [0.29, 0.717) is 52.4 Å². The number of carbonyl (C=O) groups is 5. The summed E-state index contributed by atoms with van der Waals surface area (Å²) in [6.07, 6.45) is 4.64. The van der Waals surface area contributed by atoms with E-state index in [-0.39, 0.29) is 70.9 Å². The van der Waals surface area contributed by atoms with Gasteiger partial charge in [-0.25, -0.2) is 9.37 Å². The van der Waals surface area contributed by atoms with Gasteiger partial charge in [0.2, 0.25) is 11.8 Å². The van der Waals surface area contributed by atoms with Crippen LogP contribution in [-0.4, -0.2) is 98.6 Å². The molecule has 3 saturated heterocycles. The third-order valence-corrected chi connectivity index (χ3v) is 15.2. The van der Waals surface area contributed by atoms with Crippen LogP contribution in [0.15, 0.2) is 42.5 Å². The maximum Gasteiger partial charge on any atom is 0.262 e. The van der Waals surface area contributed by atoms with Gasteiger partial charge in [0.05, 0.1) is 45.2 Å². The number of piperidine rings is 1. The van der Waals surface area contributed by atoms with Crippen LogP contribution in [-0.2, 0) is 16.1 Å². The summed E-state index contributed by atoms with van der Waals surface area (Å²) in [4.78, 5) is 76.9. The molecule has 10 rings (SSSR count). The highest BCUT2D eigenvalue weighted by atomic mass is 35.5. The molecule has 324 valence electrons. The van der Waals surface area contributed by atoms with E-state index >= 15 is 4.39 Å². The Balaban J connectivity index is 0.741. The Morgan fingerprint density at radius 1 is 0.841 bits per heavy atom. The Kier molecular flexibility index (Phi) is 9.73. The molecule has 1 N–H and O–H groups in total. The van der Waals surface area contributed by atoms with Crippen molar-refractivity contribution in [1.82, 2.24) is 25.0 Å². The molecular weight excluding hydrogens is 825 g/mol. The van der Waals surface area contributed by atoms with Gasteiger partial charge >= 0.3 is 0 Å². The molecule has 3 atom stereocenters. The lowest BCUT2D eigenvalue weighted by molar-refractivity contribution is -0.199. The molecule has 15 heteroatoms. The van der Waals surface area contributed by atoms with Crippen molar-refractivity contribution in [3.63, 3.8) is 0 Å². The minimum atomic E-state index is -1.10. The number of hydrogen-bond donors (Lipinski definition) is 1. The average molecular weight is 872 g/mol. The van der Waals surface area contributed by atoms with Crippen LogP contribution in [0.25, 0.3) is 0 Å². The average Bonchev–Trinajstić information content (AvgIpc) is 4.00. The molecule has 1 aromatic heterocycles. The summed E-state index contributed by atoms with van der Waals surface area (Å²) in [5, 5.41) is 11.8. The number of ether oxygens (including phenoxy) is 1. The maximum atomic E-state index is 15.7. The van der Waals surface area contributed by atoms with Crippen LogP contribution in [0.2, 0.25) is 5.02 Å². The first-order valence-corrected chi connectivity index (χ1v) is 22.2. The summed E-state index contributed by atoms with van der Waals surface area (Å²) in [5.41, 5.74) is 1.94. The van der Waals surface area contributed by atoms with E-state index in [2.05, 4.69) is 55.8 Å². The predicted octanol–water partition coefficient (Wildman–Crippen LogP) is 5.86. The number of amides is 5. The predicted molar refractivity (Wildman–Crippen MR) is 228 cm³/mol. The van der Waals surface area contributed by atoms with E-state index in [1.807, 2.05) is 21.9 Å². The summed E-state index contributed by atoms with van der Waals surface area (Å²) in [6.45, 7) is 10.3. The number of pyridine rings is 1. The Morgan fingerprint density at radius 2 is 1.57 bits per heavy atom. The molecule has 3 unspecified atom stereocenters. The Hall–Kier alpha value is -5.83. The number of hydrogen-bond acceptors (Lipinski definition) is 10. The number of imide groups is 2. The summed E-state index contributed by atoms with van der Waals surface area (Å²) in [5.74, 6) is 4.50. The topological polar surface area (TPSA) is 156 Å². The summed E-state index contributed by atoms with van der Waals surface area (Å²) >= 11 is 6.29. The number of halogens is 2. The molecule has 0 spiro atoms. The fourth-order valence-corrected chi connectivity index (χ4v) is 12.6. The summed E-state index contributed by atoms with van der Waals surface area (Å²) < 4.78 is 22.2. The van der Waals surface area contributed by atoms with Gasteiger partial charge in [0.15, 0.2) is 0 Å². The largest absolute Gasteiger partial charge is 0.489 e. The number of nitrogens with one attached hydrogen (secondary N) is 1. The molecule has 63 heavy (non-hydrogen) atoms. The van der Waals surface area contributed by atoms with Crippen LogP contribution >= 0.6 is 11.6 Å². The van der Waals surface area contributed by atoms with Gasteiger partial charge in [-0.3, -0.25) is 39.1 Å². The number of nitriles is 1. The standard InChI is InChI=1S/C48H47ClFN7O6/c1-47(2)45(48(3,4)46(47)63-31-13-8-26(21-51)35(49)18-31)56-24-37-32(42(56)60)14-10-27(52-37)9-5-25-6-11-28(12-7-25)54-22-30-17-29(54)23-55(30)39-20-34-33(19-36(39)50)43(61)57(44(34)62)38-15-16-40(58)53-41(38)59/h8,10,13-14,18-20,25,28-30,38,45-46H,6-7,11-12,15-17,22-24H2,1-4H3,(H,53,58,59)/t25?,28?,29?,30?,38?,45-,46-. The van der Waals surface area contributed by atoms with E-state index < -0.39 is 35.5 Å². The second-order valence-electron chi connectivity index (χ2n) is 19.4. The molecule has 2 saturated carbocycles. The van der Waals surface area contributed by atoms with Crippen molar-refractivity contribution in [3.05, 3.63) is 86.9 Å². The molecule has 0 radical (unpaired) electrons. The van der Waals surface area contributed by atoms with Crippen LogP contribution in [0.3, 0.4) is 0 Å². The van der Waals surface area contributed by atoms with Crippen LogP contribution in [0.4, 0.5) is 10.1 Å². The highest BCUT2D eigenvalue weighted by Crippen LogP contribution is 2.59. The van der Waals surface area contributed by atoms with Crippen molar-refractivity contribution >= 4 is 46.8 Å². The quantitative estimate of drug-likeness (QED) is 0.235. The van der Waals surface area contributed by atoms with Gasteiger partial charge in [0.25, 0.3) is 17.7 Å². The zero-order valence-electron chi connectivity index (χ0n) is 35.5. The zero-order valence-corrected chi connectivity index (χ0v) is 36.3. The lowest BCUT2D eigenvalue weighted by Gasteiger charge is -2.65. The number of nitrogens with zero attached hydrogens (tertiary/aromatic N) is 6. The monoisotopic (exact) mass is 871 g/mol. The van der Waals surface area contributed by atoms with E-state index in [0.717, 1.165) is 55.3 Å². The molecule has 7 aliphatic rings. The molecule has 2 aliphatic carbocycles. The van der Waals surface area contributed by atoms with Crippen molar-refractivity contribution in [2.75, 3.05) is 18.0 Å². The van der Waals surface area contributed by atoms with E-state index in [1.165, 1.54) is 6.07 Å². The SMILES string of the molecule is CC1(C)[C@H](Oc2ccc(C#N)c(Cl)c2)C(C)(C)[C@H]1N1Cc2nc(C#CC3CCC(N4CC5CC4CN5c4cc5c(cc4F)C(=O)N(C4CCC(=O)NC4=O)C5=O)CC3)ccc2C1=O. The molecule has 5 aliphatic heterocycles. The third kappa shape index (κ3) is 6.59. The molecule has 3 aromatic rings. The van der Waals surface area contributed by atoms with Crippen molar-refractivity contribution < 1.29 is 33.1 Å². The molecule has 13 nitrogen and oxygen atoms in total. The van der Waals surface area contributed by atoms with Gasteiger partial charge in [0.1, 0.15) is 35.5 Å². The van der Waals surface area contributed by atoms with Crippen LogP contribution < -0.4 is 15.0 Å². The molecule has 6 heterocycles. The van der Waals surface area contributed by atoms with Crippen molar-refractivity contribution in [2.45, 2.75) is 115 Å². The summed E-state index contributed by atoms with van der Waals surface area (Å²) in [7, 11) is 0.